The van der Waals surface area contributed by atoms with Crippen LogP contribution in [0.5, 0.6) is 40.2 Å². The number of carboxylic acid groups (broad SMARTS) is 1. The van der Waals surface area contributed by atoms with Crippen LogP contribution in [0.3, 0.4) is 0 Å². The second-order valence-electron chi connectivity index (χ2n) is 25.3. The highest BCUT2D eigenvalue weighted by atomic mass is 35.5. The van der Waals surface area contributed by atoms with E-state index in [1.807, 2.05) is 54.6 Å². The van der Waals surface area contributed by atoms with Crippen LogP contribution in [0.4, 0.5) is 0 Å². The third kappa shape index (κ3) is 16.7. The first-order valence-electron chi connectivity index (χ1n) is 29.9. The number of primary amides is 1. The summed E-state index contributed by atoms with van der Waals surface area (Å²) in [6, 6.07) is 13.5. The number of methoxy groups -OCH3 is 3. The van der Waals surface area contributed by atoms with Gasteiger partial charge in [-0.3, -0.25) is 33.6 Å². The topological polar surface area (TPSA) is 286 Å². The lowest BCUT2D eigenvalue weighted by molar-refractivity contribution is -0.142. The van der Waals surface area contributed by atoms with Gasteiger partial charge in [0.25, 0.3) is 0 Å². The predicted molar refractivity (Wildman–Crippen MR) is 361 cm³/mol. The molecule has 5 amide bonds. The molecule has 93 heavy (non-hydrogen) atoms. The fraction of sp³-hybridized carbons (Fsp3) is 0.457. The van der Waals surface area contributed by atoms with Crippen LogP contribution in [0.15, 0.2) is 78.9 Å². The molecule has 4 heterocycles. The number of nitrogens with two attached hydrogens (primary N) is 1. The van der Waals surface area contributed by atoms with Crippen molar-refractivity contribution < 1.29 is 71.6 Å². The average Bonchev–Trinajstić information content (AvgIpc) is 1.18. The molecule has 23 heteroatoms. The second kappa shape index (κ2) is 30.8. The van der Waals surface area contributed by atoms with Gasteiger partial charge in [0.05, 0.1) is 44.3 Å². The number of carbonyl (C=O) groups is 8. The summed E-state index contributed by atoms with van der Waals surface area (Å²) in [5.41, 5.74) is 7.90. The summed E-state index contributed by atoms with van der Waals surface area (Å²) in [4.78, 5) is 119. The highest BCUT2D eigenvalue weighted by Crippen LogP contribution is 2.49. The molecular weight excluding hydrogens is 1250 g/mol. The zero-order valence-corrected chi connectivity index (χ0v) is 55.3. The number of fused-ring (bicyclic) bond motifs is 19. The number of rotatable bonds is 13. The molecule has 20 nitrogen and oxygen atoms in total. The molecule has 9 atom stereocenters. The number of carbonyl (C=O) groups excluding carboxylic acids is 7. The Bertz CT molecular complexity index is 3660. The van der Waals surface area contributed by atoms with Crippen molar-refractivity contribution in [1.29, 1.82) is 0 Å². The molecule has 0 unspecified atom stereocenters. The van der Waals surface area contributed by atoms with Gasteiger partial charge in [0, 0.05) is 47.2 Å². The van der Waals surface area contributed by atoms with Crippen LogP contribution in [-0.2, 0) is 42.8 Å². The summed E-state index contributed by atoms with van der Waals surface area (Å²) in [6.45, 7) is 19.2. The number of benzene rings is 5. The standard InChI is InChI=1S/C67H79Cl2N5O15Si.3CH4/c1-14-35(19-32(2)3)62(78)74-59-47(75)26-40(29-54(70)77)63(79)72-57-39-27-52(61(86-11)53(28-39)88-50-18-16-37(25-46(50)69)60(59)89-90(12,13)67(6,7)8)87-42-23-38(22-41(68)30-42)34(5)56-65(81)73-58(66(82)83)45-20-33(4)21-51(85-10)55(45)44-24-36(15-17-49(44)84-9)43(31-48(57)76)64(80)71-56;;;/h15-18,20-25,27-28,30,32,34-35,40,43,56-60H,14,19,26,29,31H2,1-13H3,(H2,70,77)(H,71,80)(H,72,79)(H,73,81)(H,74,78)(H,82,83);3*1H4/t34-,35+,40+,43-,56+,57-,58-,59+,60-;;;/m1.../s1. The van der Waals surface area contributed by atoms with Gasteiger partial charge in [0.2, 0.25) is 35.3 Å². The van der Waals surface area contributed by atoms with Gasteiger partial charge in [-0.1, -0.05) is 112 Å². The fourth-order valence-electron chi connectivity index (χ4n) is 11.6. The molecule has 0 aliphatic carbocycles. The van der Waals surface area contributed by atoms with Crippen LogP contribution in [0, 0.1) is 24.7 Å². The van der Waals surface area contributed by atoms with Crippen molar-refractivity contribution in [2.45, 2.75) is 170 Å². The van der Waals surface area contributed by atoms with Crippen molar-refractivity contribution in [1.82, 2.24) is 21.3 Å². The van der Waals surface area contributed by atoms with Gasteiger partial charge in [0.1, 0.15) is 41.1 Å². The summed E-state index contributed by atoms with van der Waals surface area (Å²) >= 11 is 14.2. The van der Waals surface area contributed by atoms with E-state index in [2.05, 4.69) is 21.3 Å². The van der Waals surface area contributed by atoms with Crippen molar-refractivity contribution in [3.05, 3.63) is 122 Å². The average molecular weight is 1340 g/mol. The van der Waals surface area contributed by atoms with Crippen molar-refractivity contribution >= 4 is 78.6 Å². The third-order valence-corrected chi connectivity index (χ3v) is 22.4. The van der Waals surface area contributed by atoms with E-state index in [1.54, 1.807) is 74.5 Å². The van der Waals surface area contributed by atoms with Crippen LogP contribution < -0.4 is 50.7 Å². The smallest absolute Gasteiger partial charge is 0.330 e. The van der Waals surface area contributed by atoms with E-state index in [9.17, 15) is 19.5 Å². The van der Waals surface area contributed by atoms with Gasteiger partial charge in [-0.05, 0) is 138 Å². The van der Waals surface area contributed by atoms with Crippen LogP contribution in [0.1, 0.15) is 166 Å². The number of carboxylic acids is 1. The highest BCUT2D eigenvalue weighted by molar-refractivity contribution is 6.74. The molecule has 5 aromatic rings. The lowest BCUT2D eigenvalue weighted by Gasteiger charge is -2.42. The minimum absolute atomic E-state index is 0. The second-order valence-corrected chi connectivity index (χ2v) is 30.9. The predicted octanol–water partition coefficient (Wildman–Crippen LogP) is 13.3. The Kier molecular flexibility index (Phi) is 25.1. The molecular formula is C70H91Cl2N5O15Si. The number of Topliss-reactive ketones (excluding diaryl/α,β-unsaturated/α-hetero) is 2. The number of amides is 5. The van der Waals surface area contributed by atoms with Crippen LogP contribution in [-0.4, -0.2) is 93.9 Å². The maximum atomic E-state index is 16.1. The van der Waals surface area contributed by atoms with E-state index in [4.69, 9.17) is 57.0 Å². The Morgan fingerprint density at radius 1 is 0.753 bits per heavy atom. The monoisotopic (exact) mass is 1340 g/mol. The normalized spacial score (nSPS) is 21.1. The number of hydrogen-bond donors (Lipinski definition) is 6. The lowest BCUT2D eigenvalue weighted by Crippen LogP contribution is -2.53. The van der Waals surface area contributed by atoms with Crippen molar-refractivity contribution in [3.63, 3.8) is 0 Å². The Morgan fingerprint density at radius 2 is 1.41 bits per heavy atom. The number of aliphatic carboxylic acids is 1. The molecule has 504 valence electrons. The molecule has 4 aliphatic rings. The molecule has 7 N–H and O–H groups in total. The minimum atomic E-state index is -2.92. The van der Waals surface area contributed by atoms with Crippen molar-refractivity contribution in [3.8, 4) is 51.4 Å². The summed E-state index contributed by atoms with van der Waals surface area (Å²) < 4.78 is 38.4. The summed E-state index contributed by atoms with van der Waals surface area (Å²) in [5, 5.41) is 22.1. The van der Waals surface area contributed by atoms with Gasteiger partial charge in [-0.15, -0.1) is 0 Å². The molecule has 0 saturated heterocycles. The molecule has 11 bridgehead atoms. The summed E-state index contributed by atoms with van der Waals surface area (Å²) in [7, 11) is 1.21. The minimum Gasteiger partial charge on any atom is -0.496 e. The third-order valence-electron chi connectivity index (χ3n) is 17.4. The number of aryl methyl sites for hydroxylation is 1. The molecule has 5 aromatic carbocycles. The van der Waals surface area contributed by atoms with Crippen LogP contribution in [0.2, 0.25) is 28.2 Å². The first-order chi connectivity index (χ1) is 42.4. The lowest BCUT2D eigenvalue weighted by atomic mass is 9.84. The number of ketones is 2. The summed E-state index contributed by atoms with van der Waals surface area (Å²) in [5.74, 6) is -11.5. The van der Waals surface area contributed by atoms with Gasteiger partial charge < -0.3 is 60.2 Å². The molecule has 9 rings (SSSR count). The van der Waals surface area contributed by atoms with E-state index >= 15 is 24.0 Å². The van der Waals surface area contributed by atoms with Gasteiger partial charge in [-0.2, -0.15) is 0 Å². The van der Waals surface area contributed by atoms with Gasteiger partial charge in [0.15, 0.2) is 37.4 Å². The zero-order valence-electron chi connectivity index (χ0n) is 52.8. The molecule has 0 aromatic heterocycles. The maximum absolute atomic E-state index is 16.1. The van der Waals surface area contributed by atoms with E-state index < -0.39 is 134 Å². The van der Waals surface area contributed by atoms with Gasteiger partial charge in [-0.25, -0.2) is 4.79 Å². The Morgan fingerprint density at radius 3 is 2.00 bits per heavy atom. The first-order valence-corrected chi connectivity index (χ1v) is 33.5. The highest BCUT2D eigenvalue weighted by Gasteiger charge is 2.46. The van der Waals surface area contributed by atoms with E-state index in [0.717, 1.165) is 0 Å². The number of nitrogens with one attached hydrogen (secondary N) is 4. The molecule has 0 spiro atoms. The van der Waals surface area contributed by atoms with Gasteiger partial charge >= 0.3 is 5.97 Å². The Balaban J connectivity index is 0.00000523. The van der Waals surface area contributed by atoms with Crippen LogP contribution >= 0.6 is 23.2 Å². The Labute approximate surface area is 557 Å². The number of ether oxygens (including phenoxy) is 5. The van der Waals surface area contributed by atoms with Crippen LogP contribution in [0.25, 0.3) is 11.1 Å². The first kappa shape index (κ1) is 75.7. The number of halogens is 2. The summed E-state index contributed by atoms with van der Waals surface area (Å²) in [6.07, 6.45) is -2.46. The van der Waals surface area contributed by atoms with E-state index in [0.29, 0.717) is 29.5 Å². The van der Waals surface area contributed by atoms with Crippen molar-refractivity contribution in [2.75, 3.05) is 21.3 Å². The van der Waals surface area contributed by atoms with E-state index in [-0.39, 0.29) is 106 Å². The molecule has 0 radical (unpaired) electrons. The fourth-order valence-corrected chi connectivity index (χ4v) is 13.3. The quantitative estimate of drug-likeness (QED) is 0.0598. The van der Waals surface area contributed by atoms with Crippen molar-refractivity contribution in [2.24, 2.45) is 23.5 Å². The maximum Gasteiger partial charge on any atom is 0.330 e. The largest absolute Gasteiger partial charge is 0.496 e. The van der Waals surface area contributed by atoms with E-state index in [1.165, 1.54) is 39.5 Å². The molecule has 0 saturated carbocycles. The molecule has 4 aliphatic heterocycles. The SMILES string of the molecule is C.C.C.CC[C@@H](CC(C)C)C(=O)N[C@H]1C(=O)C[C@@H](CC(N)=O)C(=O)N[C@H]2C(=O)C[C@H]3C(=O)N[C@H](C(=O)N[C@@H](C(=O)O)c4cc(C)cc(OC)c4-c4cc3ccc4OC)[C@H](C)c3cc(Cl)cc(c3)Oc3cc2cc(c3OC)Oc2ccc(cc2Cl)[C@H]1O[Si](C)(C)C(C)(C)C. The number of hydrogen-bond acceptors (Lipinski definition) is 14. The molecule has 0 fully saturated rings. The zero-order chi connectivity index (χ0) is 66.0. The Hall–Kier alpha value is -7.98.